The second-order valence-corrected chi connectivity index (χ2v) is 4.85. The van der Waals surface area contributed by atoms with Gasteiger partial charge in [-0.3, -0.25) is 4.98 Å². The van der Waals surface area contributed by atoms with Gasteiger partial charge in [0.25, 0.3) is 0 Å². The molecule has 0 fully saturated rings. The number of sulfone groups is 1. The van der Waals surface area contributed by atoms with Crippen LogP contribution in [0.1, 0.15) is 11.1 Å². The van der Waals surface area contributed by atoms with Crippen LogP contribution in [0.3, 0.4) is 0 Å². The number of nitriles is 1. The minimum atomic E-state index is -3.10. The van der Waals surface area contributed by atoms with Crippen LogP contribution in [0.25, 0.3) is 0 Å². The Hall–Kier alpha value is -1.41. The summed E-state index contributed by atoms with van der Waals surface area (Å²) in [7, 11) is -3.10. The lowest BCUT2D eigenvalue weighted by molar-refractivity contribution is 0.601. The van der Waals surface area contributed by atoms with Crippen LogP contribution in [0.4, 0.5) is 0 Å². The molecule has 0 amide bonds. The molecule has 0 radical (unpaired) electrons. The van der Waals surface area contributed by atoms with Crippen LogP contribution in [0, 0.1) is 11.3 Å². The first kappa shape index (κ1) is 9.68. The summed E-state index contributed by atoms with van der Waals surface area (Å²) in [5.74, 6) is -0.135. The van der Waals surface area contributed by atoms with E-state index in [0.717, 1.165) is 6.26 Å². The summed E-state index contributed by atoms with van der Waals surface area (Å²) in [5, 5.41) is 8.64. The molecule has 1 aromatic heterocycles. The Morgan fingerprint density at radius 2 is 2.31 bits per heavy atom. The fraction of sp³-hybridized carbons (Fsp3) is 0.250. The van der Waals surface area contributed by atoms with Gasteiger partial charge in [-0.05, 0) is 6.07 Å². The summed E-state index contributed by atoms with van der Waals surface area (Å²) in [4.78, 5) is 3.76. The number of rotatable bonds is 2. The van der Waals surface area contributed by atoms with E-state index in [1.807, 2.05) is 6.07 Å². The quantitative estimate of drug-likeness (QED) is 0.690. The Labute approximate surface area is 76.8 Å². The topological polar surface area (TPSA) is 70.8 Å². The zero-order chi connectivity index (χ0) is 9.90. The summed E-state index contributed by atoms with van der Waals surface area (Å²) in [6, 6.07) is 3.41. The zero-order valence-corrected chi connectivity index (χ0v) is 7.87. The average Bonchev–Trinajstić information content (AvgIpc) is 2.02. The second kappa shape index (κ2) is 3.54. The standard InChI is InChI=1S/C8H8N2O2S/c1-13(11,12)6-8-5-10-3-2-7(8)4-9/h2-3,5H,6H2,1H3. The molecule has 5 heteroatoms. The molecule has 4 nitrogen and oxygen atoms in total. The molecule has 1 heterocycles. The molecule has 0 bridgehead atoms. The van der Waals surface area contributed by atoms with Crippen molar-refractivity contribution in [1.29, 1.82) is 5.26 Å². The van der Waals surface area contributed by atoms with Gasteiger partial charge in [-0.2, -0.15) is 5.26 Å². The third-order valence-corrected chi connectivity index (χ3v) is 2.28. The van der Waals surface area contributed by atoms with E-state index in [9.17, 15) is 8.42 Å². The molecular formula is C8H8N2O2S. The summed E-state index contributed by atoms with van der Waals surface area (Å²) in [5.41, 5.74) is 0.813. The molecule has 0 unspecified atom stereocenters. The van der Waals surface area contributed by atoms with E-state index < -0.39 is 9.84 Å². The minimum Gasteiger partial charge on any atom is -0.264 e. The van der Waals surface area contributed by atoms with Crippen molar-refractivity contribution in [2.24, 2.45) is 0 Å². The molecule has 0 atom stereocenters. The maximum Gasteiger partial charge on any atom is 0.151 e. The number of aromatic nitrogens is 1. The van der Waals surface area contributed by atoms with Gasteiger partial charge in [-0.1, -0.05) is 0 Å². The third kappa shape index (κ3) is 2.84. The van der Waals surface area contributed by atoms with Gasteiger partial charge in [0.05, 0.1) is 17.4 Å². The van der Waals surface area contributed by atoms with Crippen molar-refractivity contribution in [3.8, 4) is 6.07 Å². The zero-order valence-electron chi connectivity index (χ0n) is 7.06. The Bertz CT molecular complexity index is 445. The van der Waals surface area contributed by atoms with Crippen LogP contribution >= 0.6 is 0 Å². The van der Waals surface area contributed by atoms with Crippen molar-refractivity contribution in [3.05, 3.63) is 29.6 Å². The highest BCUT2D eigenvalue weighted by Gasteiger charge is 2.08. The maximum absolute atomic E-state index is 10.9. The van der Waals surface area contributed by atoms with E-state index in [1.54, 1.807) is 0 Å². The van der Waals surface area contributed by atoms with E-state index in [4.69, 9.17) is 5.26 Å². The SMILES string of the molecule is CS(=O)(=O)Cc1cnccc1C#N. The van der Waals surface area contributed by atoms with Crippen LogP contribution in [0.5, 0.6) is 0 Å². The van der Waals surface area contributed by atoms with Gasteiger partial charge in [-0.15, -0.1) is 0 Å². The highest BCUT2D eigenvalue weighted by molar-refractivity contribution is 7.89. The number of hydrogen-bond acceptors (Lipinski definition) is 4. The molecule has 13 heavy (non-hydrogen) atoms. The largest absolute Gasteiger partial charge is 0.264 e. The van der Waals surface area contributed by atoms with Gasteiger partial charge < -0.3 is 0 Å². The van der Waals surface area contributed by atoms with E-state index >= 15 is 0 Å². The van der Waals surface area contributed by atoms with Crippen molar-refractivity contribution in [3.63, 3.8) is 0 Å². The number of pyridine rings is 1. The Morgan fingerprint density at radius 3 is 2.85 bits per heavy atom. The first-order valence-corrected chi connectivity index (χ1v) is 5.60. The lowest BCUT2D eigenvalue weighted by Crippen LogP contribution is -2.02. The molecule has 0 spiro atoms. The van der Waals surface area contributed by atoms with Crippen molar-refractivity contribution < 1.29 is 8.42 Å². The van der Waals surface area contributed by atoms with E-state index in [2.05, 4.69) is 4.98 Å². The van der Waals surface area contributed by atoms with Crippen LogP contribution in [0.15, 0.2) is 18.5 Å². The fourth-order valence-electron chi connectivity index (χ4n) is 0.934. The fourth-order valence-corrected chi connectivity index (χ4v) is 1.73. The van der Waals surface area contributed by atoms with E-state index in [-0.39, 0.29) is 5.75 Å². The Kier molecular flexibility index (Phi) is 2.63. The highest BCUT2D eigenvalue weighted by Crippen LogP contribution is 2.08. The van der Waals surface area contributed by atoms with Gasteiger partial charge >= 0.3 is 0 Å². The van der Waals surface area contributed by atoms with E-state index in [1.165, 1.54) is 18.5 Å². The molecule has 0 aromatic carbocycles. The van der Waals surface area contributed by atoms with Gasteiger partial charge in [0.1, 0.15) is 0 Å². The summed E-state index contributed by atoms with van der Waals surface area (Å²) >= 11 is 0. The van der Waals surface area contributed by atoms with Gasteiger partial charge in [-0.25, -0.2) is 8.42 Å². The number of hydrogen-bond donors (Lipinski definition) is 0. The predicted octanol–water partition coefficient (Wildman–Crippen LogP) is 0.498. The monoisotopic (exact) mass is 196 g/mol. The molecule has 68 valence electrons. The second-order valence-electron chi connectivity index (χ2n) is 2.71. The van der Waals surface area contributed by atoms with Crippen molar-refractivity contribution in [2.75, 3.05) is 6.26 Å². The third-order valence-electron chi connectivity index (χ3n) is 1.44. The van der Waals surface area contributed by atoms with Gasteiger partial charge in [0, 0.05) is 24.2 Å². The van der Waals surface area contributed by atoms with Crippen molar-refractivity contribution in [1.82, 2.24) is 4.98 Å². The molecule has 0 saturated carbocycles. The summed E-state index contributed by atoms with van der Waals surface area (Å²) in [6.07, 6.45) is 3.99. The van der Waals surface area contributed by atoms with Gasteiger partial charge in [0.15, 0.2) is 9.84 Å². The van der Waals surface area contributed by atoms with Crippen LogP contribution < -0.4 is 0 Å². The molecule has 0 aliphatic heterocycles. The lowest BCUT2D eigenvalue weighted by atomic mass is 10.2. The Morgan fingerprint density at radius 1 is 1.62 bits per heavy atom. The van der Waals surface area contributed by atoms with Crippen molar-refractivity contribution >= 4 is 9.84 Å². The van der Waals surface area contributed by atoms with Crippen molar-refractivity contribution in [2.45, 2.75) is 5.75 Å². The molecule has 0 aliphatic carbocycles. The molecule has 0 saturated heterocycles. The lowest BCUT2D eigenvalue weighted by Gasteiger charge is -1.99. The first-order valence-electron chi connectivity index (χ1n) is 3.53. The maximum atomic E-state index is 10.9. The molecule has 1 rings (SSSR count). The molecule has 1 aromatic rings. The van der Waals surface area contributed by atoms with Crippen LogP contribution in [-0.2, 0) is 15.6 Å². The molecule has 0 aliphatic rings. The minimum absolute atomic E-state index is 0.135. The molecular weight excluding hydrogens is 188 g/mol. The number of nitrogens with zero attached hydrogens (tertiary/aromatic N) is 2. The van der Waals surface area contributed by atoms with E-state index in [0.29, 0.717) is 11.1 Å². The smallest absolute Gasteiger partial charge is 0.151 e. The highest BCUT2D eigenvalue weighted by atomic mass is 32.2. The molecule has 0 N–H and O–H groups in total. The van der Waals surface area contributed by atoms with Crippen LogP contribution in [0.2, 0.25) is 0 Å². The average molecular weight is 196 g/mol. The predicted molar refractivity (Wildman–Crippen MR) is 47.5 cm³/mol. The summed E-state index contributed by atoms with van der Waals surface area (Å²) < 4.78 is 21.9. The summed E-state index contributed by atoms with van der Waals surface area (Å²) in [6.45, 7) is 0. The normalized spacial score (nSPS) is 10.8. The first-order chi connectivity index (χ1) is 6.03. The van der Waals surface area contributed by atoms with Gasteiger partial charge in [0.2, 0.25) is 0 Å². The Balaban J connectivity index is 3.10. The van der Waals surface area contributed by atoms with Crippen LogP contribution in [-0.4, -0.2) is 19.7 Å².